The van der Waals surface area contributed by atoms with Gasteiger partial charge in [-0.05, 0) is 49.1 Å². The Morgan fingerprint density at radius 1 is 1.00 bits per heavy atom. The topological polar surface area (TPSA) is 66.5 Å². The van der Waals surface area contributed by atoms with E-state index in [-0.39, 0.29) is 17.3 Å². The number of nitrogens with one attached hydrogen (secondary N) is 1. The van der Waals surface area contributed by atoms with E-state index in [0.29, 0.717) is 5.56 Å². The van der Waals surface area contributed by atoms with Crippen molar-refractivity contribution in [3.63, 3.8) is 0 Å². The number of nitrogens with zero attached hydrogens (tertiary/aromatic N) is 1. The van der Waals surface area contributed by atoms with E-state index in [4.69, 9.17) is 0 Å². The summed E-state index contributed by atoms with van der Waals surface area (Å²) in [5.74, 6) is -0.0900. The third kappa shape index (κ3) is 4.96. The lowest BCUT2D eigenvalue weighted by Gasteiger charge is -2.20. The molecular formula is C21H26N2O3S. The second-order valence-corrected chi connectivity index (χ2v) is 8.75. The van der Waals surface area contributed by atoms with Crippen LogP contribution in [0.3, 0.4) is 0 Å². The molecule has 0 unspecified atom stereocenters. The minimum absolute atomic E-state index is 0.0900. The number of aryl methyl sites for hydroxylation is 1. The van der Waals surface area contributed by atoms with E-state index in [1.54, 1.807) is 12.1 Å². The molecule has 6 heteroatoms. The van der Waals surface area contributed by atoms with Crippen LogP contribution in [-0.2, 0) is 16.6 Å². The standard InChI is InChI=1S/C21H26N2O3S/c1-17-9-4-5-10-19(17)16-22-27(25,26)20-12-8-11-18(15-20)21(24)23-13-6-2-3-7-14-23/h4-5,8-12,15,22H,2-3,6-7,13-14,16H2,1H3. The molecule has 1 amide bonds. The molecule has 144 valence electrons. The second kappa shape index (κ2) is 8.67. The van der Waals surface area contributed by atoms with Gasteiger partial charge < -0.3 is 4.90 Å². The minimum Gasteiger partial charge on any atom is -0.339 e. The van der Waals surface area contributed by atoms with E-state index in [1.807, 2.05) is 36.1 Å². The summed E-state index contributed by atoms with van der Waals surface area (Å²) in [6.07, 6.45) is 4.28. The molecule has 0 aliphatic carbocycles. The maximum Gasteiger partial charge on any atom is 0.253 e. The molecule has 2 aromatic carbocycles. The third-order valence-corrected chi connectivity index (χ3v) is 6.40. The molecule has 2 aromatic rings. The van der Waals surface area contributed by atoms with Crippen molar-refractivity contribution in [3.05, 3.63) is 65.2 Å². The average molecular weight is 387 g/mol. The summed E-state index contributed by atoms with van der Waals surface area (Å²) in [5.41, 5.74) is 2.39. The fourth-order valence-corrected chi connectivity index (χ4v) is 4.37. The number of hydrogen-bond acceptors (Lipinski definition) is 3. The monoisotopic (exact) mass is 386 g/mol. The van der Waals surface area contributed by atoms with Crippen LogP contribution in [0.5, 0.6) is 0 Å². The van der Waals surface area contributed by atoms with Crippen LogP contribution in [0, 0.1) is 6.92 Å². The highest BCUT2D eigenvalue weighted by molar-refractivity contribution is 7.89. The van der Waals surface area contributed by atoms with E-state index < -0.39 is 10.0 Å². The first kappa shape index (κ1) is 19.6. The SMILES string of the molecule is Cc1ccccc1CNS(=O)(=O)c1cccc(C(=O)N2CCCCCC2)c1. The number of rotatable bonds is 5. The normalized spacial score (nSPS) is 15.4. The quantitative estimate of drug-likeness (QED) is 0.855. The van der Waals surface area contributed by atoms with Crippen molar-refractivity contribution in [1.29, 1.82) is 0 Å². The highest BCUT2D eigenvalue weighted by Crippen LogP contribution is 2.17. The largest absolute Gasteiger partial charge is 0.339 e. The Hall–Kier alpha value is -2.18. The van der Waals surface area contributed by atoms with Gasteiger partial charge in [-0.15, -0.1) is 0 Å². The summed E-state index contributed by atoms with van der Waals surface area (Å²) < 4.78 is 28.0. The third-order valence-electron chi connectivity index (χ3n) is 5.00. The van der Waals surface area contributed by atoms with Crippen molar-refractivity contribution in [2.24, 2.45) is 0 Å². The molecule has 1 heterocycles. The molecule has 5 nitrogen and oxygen atoms in total. The summed E-state index contributed by atoms with van der Waals surface area (Å²) in [5, 5.41) is 0. The molecule has 1 fully saturated rings. The highest BCUT2D eigenvalue weighted by Gasteiger charge is 2.20. The number of sulfonamides is 1. The summed E-state index contributed by atoms with van der Waals surface area (Å²) >= 11 is 0. The number of amides is 1. The molecule has 0 atom stereocenters. The van der Waals surface area contributed by atoms with E-state index in [2.05, 4.69) is 4.72 Å². The van der Waals surface area contributed by atoms with Gasteiger partial charge in [-0.25, -0.2) is 13.1 Å². The zero-order valence-electron chi connectivity index (χ0n) is 15.6. The van der Waals surface area contributed by atoms with Gasteiger partial charge in [-0.1, -0.05) is 43.2 Å². The van der Waals surface area contributed by atoms with Crippen molar-refractivity contribution in [2.75, 3.05) is 13.1 Å². The van der Waals surface area contributed by atoms with Crippen molar-refractivity contribution in [1.82, 2.24) is 9.62 Å². The molecule has 3 rings (SSSR count). The molecule has 1 N–H and O–H groups in total. The molecule has 27 heavy (non-hydrogen) atoms. The Balaban J connectivity index is 1.75. The van der Waals surface area contributed by atoms with Gasteiger partial charge in [0.05, 0.1) is 4.90 Å². The van der Waals surface area contributed by atoms with Gasteiger partial charge in [-0.2, -0.15) is 0 Å². The Kier molecular flexibility index (Phi) is 6.29. The number of carbonyl (C=O) groups excluding carboxylic acids is 1. The fourth-order valence-electron chi connectivity index (χ4n) is 3.32. The minimum atomic E-state index is -3.69. The van der Waals surface area contributed by atoms with E-state index in [1.165, 1.54) is 12.1 Å². The first-order valence-corrected chi connectivity index (χ1v) is 10.9. The fraction of sp³-hybridized carbons (Fsp3) is 0.381. The molecule has 0 spiro atoms. The maximum atomic E-state index is 12.8. The van der Waals surface area contributed by atoms with E-state index in [9.17, 15) is 13.2 Å². The van der Waals surface area contributed by atoms with Crippen LogP contribution >= 0.6 is 0 Å². The molecule has 0 aromatic heterocycles. The summed E-state index contributed by atoms with van der Waals surface area (Å²) in [6, 6.07) is 14.0. The molecule has 1 aliphatic heterocycles. The lowest BCUT2D eigenvalue weighted by atomic mass is 10.1. The maximum absolute atomic E-state index is 12.8. The number of benzene rings is 2. The van der Waals surface area contributed by atoms with Crippen molar-refractivity contribution in [3.8, 4) is 0 Å². The zero-order valence-corrected chi connectivity index (χ0v) is 16.5. The van der Waals surface area contributed by atoms with Gasteiger partial charge in [-0.3, -0.25) is 4.79 Å². The van der Waals surface area contributed by atoms with Gasteiger partial charge in [0.15, 0.2) is 0 Å². The molecular weight excluding hydrogens is 360 g/mol. The van der Waals surface area contributed by atoms with Crippen LogP contribution in [0.1, 0.15) is 47.2 Å². The summed E-state index contributed by atoms with van der Waals surface area (Å²) in [6.45, 7) is 3.64. The van der Waals surface area contributed by atoms with Crippen LogP contribution in [-0.4, -0.2) is 32.3 Å². The lowest BCUT2D eigenvalue weighted by molar-refractivity contribution is 0.0761. The van der Waals surface area contributed by atoms with Crippen LogP contribution < -0.4 is 4.72 Å². The van der Waals surface area contributed by atoms with Gasteiger partial charge in [0, 0.05) is 25.2 Å². The molecule has 1 saturated heterocycles. The molecule has 0 saturated carbocycles. The van der Waals surface area contributed by atoms with Crippen LogP contribution in [0.4, 0.5) is 0 Å². The van der Waals surface area contributed by atoms with Crippen molar-refractivity contribution < 1.29 is 13.2 Å². The summed E-state index contributed by atoms with van der Waals surface area (Å²) in [4.78, 5) is 14.7. The van der Waals surface area contributed by atoms with E-state index >= 15 is 0 Å². The first-order valence-electron chi connectivity index (χ1n) is 9.41. The first-order chi connectivity index (χ1) is 13.0. The average Bonchev–Trinajstić information content (AvgIpc) is 2.96. The van der Waals surface area contributed by atoms with Crippen molar-refractivity contribution in [2.45, 2.75) is 44.0 Å². The molecule has 1 aliphatic rings. The van der Waals surface area contributed by atoms with Gasteiger partial charge >= 0.3 is 0 Å². The number of likely N-dealkylation sites (tertiary alicyclic amines) is 1. The van der Waals surface area contributed by atoms with Crippen LogP contribution in [0.25, 0.3) is 0 Å². The van der Waals surface area contributed by atoms with Gasteiger partial charge in [0.2, 0.25) is 10.0 Å². The number of hydrogen-bond donors (Lipinski definition) is 1. The highest BCUT2D eigenvalue weighted by atomic mass is 32.2. The Morgan fingerprint density at radius 2 is 1.70 bits per heavy atom. The Morgan fingerprint density at radius 3 is 2.41 bits per heavy atom. The van der Waals surface area contributed by atoms with Crippen LogP contribution in [0.15, 0.2) is 53.4 Å². The molecule has 0 radical (unpaired) electrons. The van der Waals surface area contributed by atoms with Gasteiger partial charge in [0.25, 0.3) is 5.91 Å². The summed E-state index contributed by atoms with van der Waals surface area (Å²) in [7, 11) is -3.69. The van der Waals surface area contributed by atoms with Crippen LogP contribution in [0.2, 0.25) is 0 Å². The van der Waals surface area contributed by atoms with Gasteiger partial charge in [0.1, 0.15) is 0 Å². The zero-order chi connectivity index (χ0) is 19.3. The Labute approximate surface area is 161 Å². The smallest absolute Gasteiger partial charge is 0.253 e. The predicted molar refractivity (Wildman–Crippen MR) is 106 cm³/mol. The predicted octanol–water partition coefficient (Wildman–Crippen LogP) is 3.49. The molecule has 0 bridgehead atoms. The number of carbonyl (C=O) groups is 1. The second-order valence-electron chi connectivity index (χ2n) is 6.99. The van der Waals surface area contributed by atoms with E-state index in [0.717, 1.165) is 49.9 Å². The lowest BCUT2D eigenvalue weighted by Crippen LogP contribution is -2.32. The Bertz CT molecular complexity index is 901. The van der Waals surface area contributed by atoms with Crippen molar-refractivity contribution >= 4 is 15.9 Å².